The van der Waals surface area contributed by atoms with E-state index in [4.69, 9.17) is 26.8 Å². The molecule has 1 aromatic rings. The third-order valence-electron chi connectivity index (χ3n) is 2.65. The van der Waals surface area contributed by atoms with Gasteiger partial charge in [0.05, 0.1) is 24.3 Å². The van der Waals surface area contributed by atoms with Crippen molar-refractivity contribution in [2.75, 3.05) is 19.8 Å². The lowest BCUT2D eigenvalue weighted by Gasteiger charge is -2.14. The van der Waals surface area contributed by atoms with Gasteiger partial charge in [0.2, 0.25) is 0 Å². The Labute approximate surface area is 105 Å². The number of aliphatic hydroxyl groups excluding tert-OH is 1. The van der Waals surface area contributed by atoms with Gasteiger partial charge in [-0.05, 0) is 30.7 Å². The van der Waals surface area contributed by atoms with Crippen LogP contribution in [0.5, 0.6) is 11.5 Å². The predicted octanol–water partition coefficient (Wildman–Crippen LogP) is 1.88. The molecule has 1 aromatic carbocycles. The topological polar surface area (TPSA) is 64.7 Å². The molecule has 0 spiro atoms. The SMILES string of the molecule is NCCC(O)c1cc(Cl)c2c(c1)OCCCO2. The molecule has 1 aliphatic heterocycles. The summed E-state index contributed by atoms with van der Waals surface area (Å²) in [4.78, 5) is 0. The molecule has 1 heterocycles. The number of nitrogens with two attached hydrogens (primary N) is 1. The molecule has 0 aliphatic carbocycles. The second-order valence-corrected chi connectivity index (χ2v) is 4.38. The molecule has 0 amide bonds. The number of hydrogen-bond donors (Lipinski definition) is 2. The smallest absolute Gasteiger partial charge is 0.179 e. The average Bonchev–Trinajstić information content (AvgIpc) is 2.54. The molecule has 0 saturated carbocycles. The number of halogens is 1. The van der Waals surface area contributed by atoms with Gasteiger partial charge in [0.25, 0.3) is 0 Å². The van der Waals surface area contributed by atoms with E-state index in [2.05, 4.69) is 0 Å². The van der Waals surface area contributed by atoms with Gasteiger partial charge in [-0.1, -0.05) is 11.6 Å². The van der Waals surface area contributed by atoms with E-state index in [9.17, 15) is 5.11 Å². The number of rotatable bonds is 3. The van der Waals surface area contributed by atoms with Crippen LogP contribution in [-0.2, 0) is 0 Å². The molecule has 0 bridgehead atoms. The summed E-state index contributed by atoms with van der Waals surface area (Å²) in [5.74, 6) is 1.16. The van der Waals surface area contributed by atoms with Crippen LogP contribution in [0.15, 0.2) is 12.1 Å². The standard InChI is InChI=1S/C12H16ClNO3/c13-9-6-8(10(15)2-3-14)7-11-12(9)17-5-1-4-16-11/h6-7,10,15H,1-5,14H2. The normalized spacial score (nSPS) is 16.4. The Kier molecular flexibility index (Phi) is 4.10. The van der Waals surface area contributed by atoms with Gasteiger partial charge in [-0.25, -0.2) is 0 Å². The summed E-state index contributed by atoms with van der Waals surface area (Å²) in [6.45, 7) is 1.62. The quantitative estimate of drug-likeness (QED) is 0.868. The van der Waals surface area contributed by atoms with E-state index in [1.54, 1.807) is 12.1 Å². The van der Waals surface area contributed by atoms with E-state index in [1.807, 2.05) is 0 Å². The Balaban J connectivity index is 2.31. The minimum atomic E-state index is -0.616. The molecule has 17 heavy (non-hydrogen) atoms. The molecule has 0 aromatic heterocycles. The lowest BCUT2D eigenvalue weighted by Crippen LogP contribution is -2.07. The third kappa shape index (κ3) is 2.83. The zero-order valence-electron chi connectivity index (χ0n) is 9.49. The highest BCUT2D eigenvalue weighted by Crippen LogP contribution is 2.39. The lowest BCUT2D eigenvalue weighted by molar-refractivity contribution is 0.169. The van der Waals surface area contributed by atoms with Crippen LogP contribution in [0.2, 0.25) is 5.02 Å². The molecule has 4 nitrogen and oxygen atoms in total. The van der Waals surface area contributed by atoms with Gasteiger partial charge in [-0.3, -0.25) is 0 Å². The number of aliphatic hydroxyl groups is 1. The fraction of sp³-hybridized carbons (Fsp3) is 0.500. The molecule has 2 rings (SSSR count). The average molecular weight is 258 g/mol. The fourth-order valence-electron chi connectivity index (χ4n) is 1.77. The number of ether oxygens (including phenoxy) is 2. The third-order valence-corrected chi connectivity index (χ3v) is 2.93. The van der Waals surface area contributed by atoms with Crippen molar-refractivity contribution >= 4 is 11.6 Å². The van der Waals surface area contributed by atoms with Gasteiger partial charge < -0.3 is 20.3 Å². The summed E-state index contributed by atoms with van der Waals surface area (Å²) in [6, 6.07) is 3.47. The summed E-state index contributed by atoms with van der Waals surface area (Å²) < 4.78 is 11.1. The van der Waals surface area contributed by atoms with Crippen LogP contribution in [0.4, 0.5) is 0 Å². The van der Waals surface area contributed by atoms with Crippen LogP contribution < -0.4 is 15.2 Å². The monoisotopic (exact) mass is 257 g/mol. The molecule has 0 saturated heterocycles. The second-order valence-electron chi connectivity index (χ2n) is 3.97. The van der Waals surface area contributed by atoms with Crippen molar-refractivity contribution in [3.8, 4) is 11.5 Å². The minimum Gasteiger partial charge on any atom is -0.489 e. The molecular formula is C12H16ClNO3. The first-order valence-corrected chi connectivity index (χ1v) is 6.07. The molecule has 3 N–H and O–H groups in total. The Morgan fingerprint density at radius 3 is 2.88 bits per heavy atom. The Morgan fingerprint density at radius 1 is 1.35 bits per heavy atom. The van der Waals surface area contributed by atoms with Crippen molar-refractivity contribution in [2.45, 2.75) is 18.9 Å². The van der Waals surface area contributed by atoms with E-state index in [0.29, 0.717) is 48.3 Å². The van der Waals surface area contributed by atoms with Gasteiger partial charge in [0.1, 0.15) is 0 Å². The molecule has 0 fully saturated rings. The van der Waals surface area contributed by atoms with Crippen molar-refractivity contribution in [1.29, 1.82) is 0 Å². The maximum atomic E-state index is 9.88. The van der Waals surface area contributed by atoms with E-state index in [1.165, 1.54) is 0 Å². The summed E-state index contributed by atoms with van der Waals surface area (Å²) >= 11 is 6.12. The molecule has 1 unspecified atom stereocenters. The number of fused-ring (bicyclic) bond motifs is 1. The zero-order chi connectivity index (χ0) is 12.3. The lowest BCUT2D eigenvalue weighted by atomic mass is 10.1. The number of hydrogen-bond acceptors (Lipinski definition) is 4. The molecule has 0 radical (unpaired) electrons. The maximum absolute atomic E-state index is 9.88. The molecule has 5 heteroatoms. The second kappa shape index (κ2) is 5.58. The van der Waals surface area contributed by atoms with Gasteiger partial charge >= 0.3 is 0 Å². The maximum Gasteiger partial charge on any atom is 0.179 e. The van der Waals surface area contributed by atoms with E-state index >= 15 is 0 Å². The first-order chi connectivity index (χ1) is 8.22. The van der Waals surface area contributed by atoms with Crippen molar-refractivity contribution in [2.24, 2.45) is 5.73 Å². The minimum absolute atomic E-state index is 0.424. The molecule has 1 atom stereocenters. The highest BCUT2D eigenvalue weighted by Gasteiger charge is 2.18. The molecule has 94 valence electrons. The van der Waals surface area contributed by atoms with Gasteiger partial charge in [-0.2, -0.15) is 0 Å². The van der Waals surface area contributed by atoms with E-state index < -0.39 is 6.10 Å². The van der Waals surface area contributed by atoms with Crippen molar-refractivity contribution in [3.63, 3.8) is 0 Å². The fourth-order valence-corrected chi connectivity index (χ4v) is 2.04. The van der Waals surface area contributed by atoms with Crippen LogP contribution in [-0.4, -0.2) is 24.9 Å². The first kappa shape index (κ1) is 12.5. The van der Waals surface area contributed by atoms with Crippen LogP contribution >= 0.6 is 11.6 Å². The summed E-state index contributed by atoms with van der Waals surface area (Å²) in [7, 11) is 0. The van der Waals surface area contributed by atoms with Gasteiger partial charge in [-0.15, -0.1) is 0 Å². The van der Waals surface area contributed by atoms with Crippen molar-refractivity contribution in [1.82, 2.24) is 0 Å². The Hall–Kier alpha value is -0.970. The van der Waals surface area contributed by atoms with Crippen molar-refractivity contribution in [3.05, 3.63) is 22.7 Å². The van der Waals surface area contributed by atoms with Crippen LogP contribution in [0, 0.1) is 0 Å². The van der Waals surface area contributed by atoms with E-state index in [0.717, 1.165) is 6.42 Å². The summed E-state index contributed by atoms with van der Waals surface area (Å²) in [5, 5.41) is 10.3. The zero-order valence-corrected chi connectivity index (χ0v) is 10.2. The summed E-state index contributed by atoms with van der Waals surface area (Å²) in [5.41, 5.74) is 6.13. The van der Waals surface area contributed by atoms with Gasteiger partial charge in [0.15, 0.2) is 11.5 Å². The van der Waals surface area contributed by atoms with Crippen LogP contribution in [0.3, 0.4) is 0 Å². The largest absolute Gasteiger partial charge is 0.489 e. The Morgan fingerprint density at radius 2 is 2.12 bits per heavy atom. The Bertz CT molecular complexity index is 398. The molecule has 1 aliphatic rings. The predicted molar refractivity (Wildman–Crippen MR) is 65.7 cm³/mol. The highest BCUT2D eigenvalue weighted by atomic mass is 35.5. The highest BCUT2D eigenvalue weighted by molar-refractivity contribution is 6.32. The van der Waals surface area contributed by atoms with Crippen molar-refractivity contribution < 1.29 is 14.6 Å². The molecular weight excluding hydrogens is 242 g/mol. The first-order valence-electron chi connectivity index (χ1n) is 5.69. The van der Waals surface area contributed by atoms with Crippen LogP contribution in [0.1, 0.15) is 24.5 Å². The summed E-state index contributed by atoms with van der Waals surface area (Å²) in [6.07, 6.45) is 0.705. The number of benzene rings is 1. The van der Waals surface area contributed by atoms with Crippen LogP contribution in [0.25, 0.3) is 0 Å². The van der Waals surface area contributed by atoms with Gasteiger partial charge in [0, 0.05) is 6.42 Å². The van der Waals surface area contributed by atoms with E-state index in [-0.39, 0.29) is 0 Å².